The molecule has 5 saturated carbocycles. The van der Waals surface area contributed by atoms with Crippen molar-refractivity contribution < 1.29 is 48.8 Å². The first-order valence-electron chi connectivity index (χ1n) is 49.6. The van der Waals surface area contributed by atoms with E-state index in [4.69, 9.17) is 4.74 Å². The molecule has 6 fully saturated rings. The predicted octanol–water partition coefficient (Wildman–Crippen LogP) is 28.1. The maximum absolute atomic E-state index is 13.0. The van der Waals surface area contributed by atoms with Crippen molar-refractivity contribution in [3.05, 3.63) is 467 Å². The third-order valence-corrected chi connectivity index (χ3v) is 48.9. The molecule has 2 bridgehead atoms. The molecule has 730 valence electrons. The number of aliphatic hydroxyl groups excluding tert-OH is 1. The molecule has 6 aliphatic carbocycles. The third kappa shape index (κ3) is 30.4. The average Bonchev–Trinajstić information content (AvgIpc) is 1.58. The molecule has 21 rings (SSSR count). The number of ether oxygens (including phenoxy) is 1. The van der Waals surface area contributed by atoms with Gasteiger partial charge in [-0.15, -0.1) is 0 Å². The van der Waals surface area contributed by atoms with Crippen LogP contribution < -0.4 is 74.3 Å². The number of hydrogen-bond donors (Lipinski definition) is 1. The number of fused-ring (bicyclic) bond motifs is 2. The number of carbonyl (C=O) groups is 1. The Labute approximate surface area is 874 Å². The van der Waals surface area contributed by atoms with E-state index in [1.165, 1.54) is 163 Å². The van der Waals surface area contributed by atoms with Crippen LogP contribution in [0.1, 0.15) is 130 Å². The summed E-state index contributed by atoms with van der Waals surface area (Å²) in [7, 11) is -1.39. The van der Waals surface area contributed by atoms with Crippen molar-refractivity contribution in [3.63, 3.8) is 0 Å². The SMILES string of the molecule is C1=CC2CC1[C@@H](P(c1ccccc1)c1ccccc1)[C@@H]2P(c1ccccc1)c1ccccc1.C1CCCC1.CC(C)C1CCCC1P(c1ccccc1)c1ccccc1.COC(=O)N1C[C@@H](P(c2ccccc2)c2ccccc2)C[C@H]1CP(c1ccccc1)c1ccccc1.C[C@@H](O)C1CCCC1P(c1ccccc1)c1ccccc1.[CH3-].[CH3-].[CH3-].[CH3-].[Fe+2].[Fe+2].c1ccc(P(c2ccccc2)C2CCCC2)cc1. The third-order valence-electron chi connectivity index (χ3n) is 28.2. The van der Waals surface area contributed by atoms with Crippen LogP contribution in [0.2, 0.25) is 0 Å². The molecule has 0 aromatic heterocycles. The van der Waals surface area contributed by atoms with Crippen LogP contribution in [0.4, 0.5) is 4.79 Å². The van der Waals surface area contributed by atoms with Crippen LogP contribution in [0.15, 0.2) is 437 Å². The minimum Gasteiger partial charge on any atom is -0.453 e. The summed E-state index contributed by atoms with van der Waals surface area (Å²) in [6, 6.07) is 155. The van der Waals surface area contributed by atoms with Gasteiger partial charge in [-0.05, 0) is 241 Å². The largest absolute Gasteiger partial charge is 2.00 e. The van der Waals surface area contributed by atoms with E-state index in [9.17, 15) is 9.90 Å². The topological polar surface area (TPSA) is 49.8 Å². The summed E-state index contributed by atoms with van der Waals surface area (Å²) in [5.74, 6) is 3.47. The number of likely N-dealkylation sites (tertiary alicyclic amines) is 1. The molecule has 1 saturated heterocycles. The second-order valence-corrected chi connectivity index (χ2v) is 54.0. The minimum atomic E-state index is -0.611. The summed E-state index contributed by atoms with van der Waals surface area (Å²) < 4.78 is 5.30. The molecule has 14 aromatic rings. The average molecular weight is 2070 g/mol. The monoisotopic (exact) mass is 2060 g/mol. The molecule has 14 aromatic carbocycles. The van der Waals surface area contributed by atoms with Crippen molar-refractivity contribution in [1.82, 2.24) is 4.90 Å². The molecular weight excluding hydrogens is 1920 g/mol. The van der Waals surface area contributed by atoms with Gasteiger partial charge in [0.05, 0.1) is 13.2 Å². The van der Waals surface area contributed by atoms with Crippen LogP contribution in [0.25, 0.3) is 0 Å². The second kappa shape index (κ2) is 60.1. The van der Waals surface area contributed by atoms with Gasteiger partial charge in [0, 0.05) is 29.6 Å². The molecule has 4 nitrogen and oxygen atoms in total. The van der Waals surface area contributed by atoms with Gasteiger partial charge in [0.25, 0.3) is 0 Å². The standard InChI is InChI=1S/C31H31NO2P2.C31H28P2.C20H25P.C19H23OP.C17H19P.C5H10.4CH3.2Fe/c1-34-31(33)32-23-30(36(28-18-10-4-11-19-28)29-20-12-5-13-21-29)22-25(32)24-35(26-14-6-2-7-15-26)27-16-8-3-9-17-27;1-5-13-26(14-6-1)32(27-15-7-2-8-16-27)30-24-21-22-25(23-24)31(30)33(28-17-9-3-10-18-28)29-19-11-4-12-20-29;1-16(2)19-14-9-15-20(19)21(17-10-5-3-6-11-17)18-12-7-4-8-13-18;1-15(20)18-13-8-14-19(18)21(16-9-4-2-5-10-16)17-11-6-3-7-12-17;1-3-9-15(10-4-1)18(17-13-7-8-14-17)16-11-5-2-6-12-16;1-2-4-5-3-1;;;;;;/h2-21,25,30H,22-24H2,1H3;1-22,24-25,30-31H,23H2;3-8,10-13,16,19-20H,9,14-15H2,1-2H3;2-7,9-12,15,18-20H,8,13-14H2,1H3;1-6,9-12,17H,7-8,13-14H2;1-5H2;4*1H3;;/q;;;;;;4*-1;2*+2/t25-,30-;24?,25?,30-,31-;;15-,18?,19?;;;;;;;;/m01.1......../s1. The number of hydrogen-bond acceptors (Lipinski definition) is 3. The van der Waals surface area contributed by atoms with Crippen molar-refractivity contribution >= 4 is 136 Å². The first kappa shape index (κ1) is 114. The number of amides is 1. The van der Waals surface area contributed by atoms with Crippen LogP contribution in [-0.4, -0.2) is 82.0 Å². The summed E-state index contributed by atoms with van der Waals surface area (Å²) in [6.07, 6.45) is 29.0. The Bertz CT molecular complexity index is 5220. The second-order valence-electron chi connectivity index (χ2n) is 37.1. The van der Waals surface area contributed by atoms with E-state index >= 15 is 0 Å². The van der Waals surface area contributed by atoms with Gasteiger partial charge in [0.2, 0.25) is 0 Å². The summed E-state index contributed by atoms with van der Waals surface area (Å²) in [6.45, 7) is 7.51. The van der Waals surface area contributed by atoms with E-state index in [0.29, 0.717) is 40.4 Å². The Morgan fingerprint density at radius 1 is 0.293 bits per heavy atom. The number of benzene rings is 14. The summed E-state index contributed by atoms with van der Waals surface area (Å²) in [5, 5.41) is 30.8. The number of rotatable bonds is 24. The first-order chi connectivity index (χ1) is 66.1. The van der Waals surface area contributed by atoms with Crippen molar-refractivity contribution in [2.24, 2.45) is 29.6 Å². The molecule has 11 atom stereocenters. The molecular formula is C127H148Fe2NO3P7. The molecule has 1 N–H and O–H groups in total. The maximum atomic E-state index is 13.0. The van der Waals surface area contributed by atoms with Crippen molar-refractivity contribution in [2.75, 3.05) is 19.8 Å². The normalized spacial score (nSPS) is 19.8. The van der Waals surface area contributed by atoms with Crippen molar-refractivity contribution in [1.29, 1.82) is 0 Å². The Morgan fingerprint density at radius 3 is 0.786 bits per heavy atom. The molecule has 0 spiro atoms. The Morgan fingerprint density at radius 2 is 0.529 bits per heavy atom. The first-order valence-corrected chi connectivity index (χ1v) is 59.6. The summed E-state index contributed by atoms with van der Waals surface area (Å²) in [5.41, 5.74) is 4.04. The zero-order chi connectivity index (χ0) is 91.8. The molecule has 13 heteroatoms. The van der Waals surface area contributed by atoms with Crippen LogP contribution in [0, 0.1) is 59.3 Å². The quantitative estimate of drug-likeness (QED) is 0.0284. The molecule has 7 aliphatic rings. The minimum absolute atomic E-state index is 0. The van der Waals surface area contributed by atoms with Gasteiger partial charge in [0.1, 0.15) is 0 Å². The number of aliphatic hydroxyl groups is 1. The predicted molar refractivity (Wildman–Crippen MR) is 618 cm³/mol. The number of nitrogens with zero attached hydrogens (tertiary/aromatic N) is 1. The van der Waals surface area contributed by atoms with Gasteiger partial charge < -0.3 is 44.4 Å². The smallest absolute Gasteiger partial charge is 0.453 e. The van der Waals surface area contributed by atoms with E-state index in [1.54, 1.807) is 21.2 Å². The van der Waals surface area contributed by atoms with Crippen molar-refractivity contribution in [2.45, 2.75) is 176 Å². The molecule has 1 amide bonds. The summed E-state index contributed by atoms with van der Waals surface area (Å²) >= 11 is 0. The van der Waals surface area contributed by atoms with Crippen LogP contribution >= 0.6 is 55.5 Å². The van der Waals surface area contributed by atoms with E-state index < -0.39 is 31.7 Å². The van der Waals surface area contributed by atoms with Crippen LogP contribution in [-0.2, 0) is 38.9 Å². The molecule has 140 heavy (non-hydrogen) atoms. The van der Waals surface area contributed by atoms with Gasteiger partial charge in [-0.3, -0.25) is 0 Å². The molecule has 1 aliphatic heterocycles. The molecule has 1 heterocycles. The molecule has 6 unspecified atom stereocenters. The van der Waals surface area contributed by atoms with Gasteiger partial charge in [-0.25, -0.2) is 4.79 Å². The van der Waals surface area contributed by atoms with Gasteiger partial charge >= 0.3 is 40.2 Å². The van der Waals surface area contributed by atoms with E-state index in [1.807, 2.05) is 11.8 Å². The Hall–Kier alpha value is -7.90. The maximum Gasteiger partial charge on any atom is 2.00 e. The number of allylic oxidation sites excluding steroid dienone is 2. The summed E-state index contributed by atoms with van der Waals surface area (Å²) in [4.78, 5) is 15.0. The van der Waals surface area contributed by atoms with E-state index in [-0.39, 0.29) is 106 Å². The zero-order valence-electron chi connectivity index (χ0n) is 83.6. The Kier molecular flexibility index (Phi) is 49.0. The van der Waals surface area contributed by atoms with Gasteiger partial charge in [0.15, 0.2) is 0 Å². The van der Waals surface area contributed by atoms with Crippen LogP contribution in [0.5, 0.6) is 0 Å². The fourth-order valence-electron chi connectivity index (χ4n) is 22.1. The number of carbonyl (C=O) groups excluding carboxylic acids is 1. The van der Waals surface area contributed by atoms with Gasteiger partial charge in [-0.2, -0.15) is 0 Å². The zero-order valence-corrected chi connectivity index (χ0v) is 92.0. The Balaban J connectivity index is 0.000000180. The van der Waals surface area contributed by atoms with Crippen molar-refractivity contribution in [3.8, 4) is 0 Å². The fraction of sp³-hybridized carbons (Fsp3) is 0.283. The molecule has 0 radical (unpaired) electrons. The fourth-order valence-corrected chi connectivity index (χ4v) is 44.2. The number of methoxy groups -OCH3 is 1. The van der Waals surface area contributed by atoms with Gasteiger partial charge in [-0.1, -0.05) is 508 Å². The van der Waals surface area contributed by atoms with Crippen LogP contribution in [0.3, 0.4) is 0 Å². The van der Waals surface area contributed by atoms with E-state index in [2.05, 4.69) is 451 Å². The van der Waals surface area contributed by atoms with E-state index in [0.717, 1.165) is 42.3 Å².